The van der Waals surface area contributed by atoms with Crippen molar-refractivity contribution in [2.45, 2.75) is 44.1 Å². The number of likely N-dealkylation sites (N-methyl/N-ethyl adjacent to an activating group) is 1. The maximum Gasteiger partial charge on any atom is 0.0523 e. The van der Waals surface area contributed by atoms with Crippen molar-refractivity contribution in [3.05, 3.63) is 30.3 Å². The standard InChI is InChI=1S/C17H26N2/c1-19(16-7-3-2-4-8-16)17(13-18)11-5-6-15(12-17)14-9-10-14/h2-4,7-8,14-15H,5-6,9-13,18H2,1H3. The van der Waals surface area contributed by atoms with Crippen molar-refractivity contribution in [3.63, 3.8) is 0 Å². The minimum Gasteiger partial charge on any atom is -0.368 e. The zero-order valence-electron chi connectivity index (χ0n) is 12.0. The van der Waals surface area contributed by atoms with Gasteiger partial charge in [0, 0.05) is 19.3 Å². The van der Waals surface area contributed by atoms with Crippen LogP contribution in [-0.2, 0) is 0 Å². The van der Waals surface area contributed by atoms with Gasteiger partial charge in [-0.1, -0.05) is 31.0 Å². The molecule has 2 aliphatic carbocycles. The van der Waals surface area contributed by atoms with Crippen molar-refractivity contribution in [3.8, 4) is 0 Å². The summed E-state index contributed by atoms with van der Waals surface area (Å²) in [5.74, 6) is 1.93. The summed E-state index contributed by atoms with van der Waals surface area (Å²) in [4.78, 5) is 2.46. The van der Waals surface area contributed by atoms with Gasteiger partial charge in [-0.15, -0.1) is 0 Å². The first-order valence-electron chi connectivity index (χ1n) is 7.74. The topological polar surface area (TPSA) is 29.3 Å². The highest BCUT2D eigenvalue weighted by Gasteiger charge is 2.43. The molecule has 0 spiro atoms. The van der Waals surface area contributed by atoms with Gasteiger partial charge in [0.1, 0.15) is 0 Å². The van der Waals surface area contributed by atoms with Crippen molar-refractivity contribution in [2.24, 2.45) is 17.6 Å². The molecule has 0 amide bonds. The highest BCUT2D eigenvalue weighted by atomic mass is 15.2. The second-order valence-corrected chi connectivity index (χ2v) is 6.52. The fourth-order valence-electron chi connectivity index (χ4n) is 3.91. The van der Waals surface area contributed by atoms with Crippen molar-refractivity contribution in [2.75, 3.05) is 18.5 Å². The number of hydrogen-bond donors (Lipinski definition) is 1. The highest BCUT2D eigenvalue weighted by molar-refractivity contribution is 5.48. The van der Waals surface area contributed by atoms with E-state index in [1.54, 1.807) is 0 Å². The fraction of sp³-hybridized carbons (Fsp3) is 0.647. The SMILES string of the molecule is CN(c1ccccc1)C1(CN)CCCC(C2CC2)C1. The summed E-state index contributed by atoms with van der Waals surface area (Å²) in [6, 6.07) is 10.7. The molecule has 2 saturated carbocycles. The van der Waals surface area contributed by atoms with E-state index in [0.717, 1.165) is 18.4 Å². The number of nitrogens with two attached hydrogens (primary N) is 1. The smallest absolute Gasteiger partial charge is 0.0523 e. The third kappa shape index (κ3) is 2.51. The first-order valence-corrected chi connectivity index (χ1v) is 7.74. The van der Waals surface area contributed by atoms with Crippen LogP contribution >= 0.6 is 0 Å². The van der Waals surface area contributed by atoms with Crippen molar-refractivity contribution >= 4 is 5.69 Å². The van der Waals surface area contributed by atoms with Crippen LogP contribution in [0.4, 0.5) is 5.69 Å². The van der Waals surface area contributed by atoms with Crippen LogP contribution in [0.2, 0.25) is 0 Å². The molecule has 0 aromatic heterocycles. The molecule has 0 saturated heterocycles. The maximum absolute atomic E-state index is 6.22. The van der Waals surface area contributed by atoms with Gasteiger partial charge in [0.2, 0.25) is 0 Å². The minimum absolute atomic E-state index is 0.187. The lowest BCUT2D eigenvalue weighted by Crippen LogP contribution is -2.55. The van der Waals surface area contributed by atoms with Gasteiger partial charge in [0.15, 0.2) is 0 Å². The van der Waals surface area contributed by atoms with E-state index in [2.05, 4.69) is 42.3 Å². The molecule has 3 rings (SSSR count). The lowest BCUT2D eigenvalue weighted by Gasteiger charge is -2.48. The molecule has 0 radical (unpaired) electrons. The summed E-state index contributed by atoms with van der Waals surface area (Å²) in [5, 5.41) is 0. The number of hydrogen-bond acceptors (Lipinski definition) is 2. The Labute approximate surface area is 117 Å². The van der Waals surface area contributed by atoms with E-state index in [1.165, 1.54) is 44.2 Å². The van der Waals surface area contributed by atoms with Gasteiger partial charge in [-0.2, -0.15) is 0 Å². The molecule has 2 nitrogen and oxygen atoms in total. The molecule has 2 heteroatoms. The van der Waals surface area contributed by atoms with Gasteiger partial charge in [0.25, 0.3) is 0 Å². The molecule has 2 N–H and O–H groups in total. The number of anilines is 1. The van der Waals surface area contributed by atoms with E-state index in [9.17, 15) is 0 Å². The molecule has 0 heterocycles. The normalized spacial score (nSPS) is 31.2. The van der Waals surface area contributed by atoms with Crippen LogP contribution in [0.5, 0.6) is 0 Å². The molecule has 2 atom stereocenters. The monoisotopic (exact) mass is 258 g/mol. The summed E-state index contributed by atoms with van der Waals surface area (Å²) in [6.07, 6.45) is 8.23. The van der Waals surface area contributed by atoms with Gasteiger partial charge in [-0.05, 0) is 49.7 Å². The molecule has 1 aromatic rings. The van der Waals surface area contributed by atoms with Gasteiger partial charge in [0.05, 0.1) is 5.54 Å². The number of rotatable bonds is 4. The summed E-state index contributed by atoms with van der Waals surface area (Å²) in [6.45, 7) is 0.779. The van der Waals surface area contributed by atoms with E-state index < -0.39 is 0 Å². The Kier molecular flexibility index (Phi) is 3.53. The predicted octanol–water partition coefficient (Wildman–Crippen LogP) is 3.42. The van der Waals surface area contributed by atoms with E-state index in [0.29, 0.717) is 0 Å². The summed E-state index contributed by atoms with van der Waals surface area (Å²) >= 11 is 0. The van der Waals surface area contributed by atoms with Crippen LogP contribution in [-0.4, -0.2) is 19.1 Å². The first-order chi connectivity index (χ1) is 9.25. The number of para-hydroxylation sites is 1. The molecule has 104 valence electrons. The molecule has 1 aromatic carbocycles. The third-order valence-corrected chi connectivity index (χ3v) is 5.38. The van der Waals surface area contributed by atoms with Crippen molar-refractivity contribution in [1.82, 2.24) is 0 Å². The molecule has 2 unspecified atom stereocenters. The molecule has 2 aliphatic rings. The zero-order chi connectivity index (χ0) is 13.3. The van der Waals surface area contributed by atoms with Crippen molar-refractivity contribution in [1.29, 1.82) is 0 Å². The van der Waals surface area contributed by atoms with Crippen LogP contribution in [0.15, 0.2) is 30.3 Å². The fourth-order valence-corrected chi connectivity index (χ4v) is 3.91. The Morgan fingerprint density at radius 1 is 1.16 bits per heavy atom. The van der Waals surface area contributed by atoms with Gasteiger partial charge < -0.3 is 10.6 Å². The maximum atomic E-state index is 6.22. The van der Waals surface area contributed by atoms with Gasteiger partial charge in [-0.25, -0.2) is 0 Å². The summed E-state index contributed by atoms with van der Waals surface area (Å²) in [5.41, 5.74) is 7.71. The Morgan fingerprint density at radius 3 is 2.53 bits per heavy atom. The Hall–Kier alpha value is -1.02. The van der Waals surface area contributed by atoms with Gasteiger partial charge in [-0.3, -0.25) is 0 Å². The quantitative estimate of drug-likeness (QED) is 0.896. The molecule has 2 fully saturated rings. The average Bonchev–Trinajstić information content (AvgIpc) is 3.32. The number of benzene rings is 1. The molecule has 0 aliphatic heterocycles. The zero-order valence-corrected chi connectivity index (χ0v) is 12.0. The third-order valence-electron chi connectivity index (χ3n) is 5.38. The van der Waals surface area contributed by atoms with Crippen LogP contribution in [0, 0.1) is 11.8 Å². The molecular weight excluding hydrogens is 232 g/mol. The Morgan fingerprint density at radius 2 is 1.89 bits per heavy atom. The Bertz CT molecular complexity index is 413. The average molecular weight is 258 g/mol. The minimum atomic E-state index is 0.187. The first kappa shape index (κ1) is 13.0. The second-order valence-electron chi connectivity index (χ2n) is 6.52. The van der Waals surface area contributed by atoms with E-state index >= 15 is 0 Å². The van der Waals surface area contributed by atoms with Gasteiger partial charge >= 0.3 is 0 Å². The highest BCUT2D eigenvalue weighted by Crippen LogP contribution is 2.48. The number of nitrogens with zero attached hydrogens (tertiary/aromatic N) is 1. The molecule has 0 bridgehead atoms. The molecular formula is C17H26N2. The van der Waals surface area contributed by atoms with Crippen LogP contribution in [0.1, 0.15) is 38.5 Å². The van der Waals surface area contributed by atoms with Crippen LogP contribution in [0.3, 0.4) is 0 Å². The van der Waals surface area contributed by atoms with Crippen LogP contribution < -0.4 is 10.6 Å². The van der Waals surface area contributed by atoms with Crippen molar-refractivity contribution < 1.29 is 0 Å². The summed E-state index contributed by atoms with van der Waals surface area (Å²) < 4.78 is 0. The lowest BCUT2D eigenvalue weighted by atomic mass is 9.72. The predicted molar refractivity (Wildman–Crippen MR) is 81.3 cm³/mol. The second kappa shape index (κ2) is 5.16. The van der Waals surface area contributed by atoms with E-state index in [4.69, 9.17) is 5.73 Å². The van der Waals surface area contributed by atoms with Crippen LogP contribution in [0.25, 0.3) is 0 Å². The molecule has 19 heavy (non-hydrogen) atoms. The van der Waals surface area contributed by atoms with E-state index in [1.807, 2.05) is 0 Å². The largest absolute Gasteiger partial charge is 0.368 e. The lowest BCUT2D eigenvalue weighted by molar-refractivity contribution is 0.204. The summed E-state index contributed by atoms with van der Waals surface area (Å²) in [7, 11) is 2.23. The van der Waals surface area contributed by atoms with E-state index in [-0.39, 0.29) is 5.54 Å². The Balaban J connectivity index is 1.81.